The number of hydrogen-bond donors (Lipinski definition) is 0. The number of benzene rings is 1. The first-order valence-electron chi connectivity index (χ1n) is 8.63. The lowest BCUT2D eigenvalue weighted by Gasteiger charge is -2.22. The Morgan fingerprint density at radius 1 is 1.27 bits per heavy atom. The Bertz CT molecular complexity index is 845. The van der Waals surface area contributed by atoms with Crippen molar-refractivity contribution in [2.75, 3.05) is 25.0 Å². The van der Waals surface area contributed by atoms with E-state index in [4.69, 9.17) is 0 Å². The Balaban J connectivity index is 1.77. The van der Waals surface area contributed by atoms with Crippen LogP contribution in [0.1, 0.15) is 23.4 Å². The van der Waals surface area contributed by atoms with Gasteiger partial charge in [0.25, 0.3) is 0 Å². The van der Waals surface area contributed by atoms with E-state index in [9.17, 15) is 14.9 Å². The van der Waals surface area contributed by atoms with Gasteiger partial charge in [0.2, 0.25) is 5.91 Å². The molecule has 0 saturated heterocycles. The number of carbonyl (C=O) groups excluding carboxylic acids is 1. The van der Waals surface area contributed by atoms with Crippen LogP contribution in [0.4, 0.5) is 11.4 Å². The number of hydrogen-bond acceptors (Lipinski definition) is 5. The zero-order valence-electron chi connectivity index (χ0n) is 15.3. The van der Waals surface area contributed by atoms with Gasteiger partial charge in [0.1, 0.15) is 11.4 Å². The fourth-order valence-electron chi connectivity index (χ4n) is 3.43. The second-order valence-corrected chi connectivity index (χ2v) is 6.66. The number of likely N-dealkylation sites (N-methyl/N-ethyl adjacent to an activating group) is 1. The fraction of sp³-hybridized carbons (Fsp3) is 0.444. The van der Waals surface area contributed by atoms with Crippen molar-refractivity contribution in [1.29, 1.82) is 0 Å². The Hall–Kier alpha value is -2.74. The van der Waals surface area contributed by atoms with Crippen LogP contribution in [0.5, 0.6) is 0 Å². The summed E-state index contributed by atoms with van der Waals surface area (Å²) in [6, 6.07) is 7.94. The third kappa shape index (κ3) is 3.45. The zero-order valence-corrected chi connectivity index (χ0v) is 15.3. The zero-order chi connectivity index (χ0) is 18.8. The molecule has 0 saturated carbocycles. The summed E-state index contributed by atoms with van der Waals surface area (Å²) in [6.07, 6.45) is 0.247. The van der Waals surface area contributed by atoms with Crippen LogP contribution in [0.15, 0.2) is 24.3 Å². The van der Waals surface area contributed by atoms with Gasteiger partial charge in [0.15, 0.2) is 0 Å². The SMILES string of the molecule is Cc1nn(CCC(=O)N2CCN(C)Cc3ccccc32)c(C)c1[N+](=O)[O-]. The Labute approximate surface area is 152 Å². The van der Waals surface area contributed by atoms with Crippen LogP contribution in [0.2, 0.25) is 0 Å². The number of fused-ring (bicyclic) bond motifs is 1. The summed E-state index contributed by atoms with van der Waals surface area (Å²) < 4.78 is 1.56. The first-order valence-corrected chi connectivity index (χ1v) is 8.63. The lowest BCUT2D eigenvalue weighted by molar-refractivity contribution is -0.386. The maximum atomic E-state index is 12.9. The molecule has 0 N–H and O–H groups in total. The highest BCUT2D eigenvalue weighted by Crippen LogP contribution is 2.26. The summed E-state index contributed by atoms with van der Waals surface area (Å²) in [7, 11) is 2.04. The minimum atomic E-state index is -0.420. The summed E-state index contributed by atoms with van der Waals surface area (Å²) in [5.74, 6) is 0.00274. The molecule has 8 heteroatoms. The lowest BCUT2D eigenvalue weighted by Crippen LogP contribution is -2.35. The molecule has 1 aliphatic heterocycles. The number of nitrogens with zero attached hydrogens (tertiary/aromatic N) is 5. The molecule has 1 aromatic heterocycles. The molecule has 26 heavy (non-hydrogen) atoms. The molecule has 2 heterocycles. The van der Waals surface area contributed by atoms with E-state index >= 15 is 0 Å². The average molecular weight is 357 g/mol. The minimum absolute atomic E-state index is 0.00274. The van der Waals surface area contributed by atoms with Crippen LogP contribution >= 0.6 is 0 Å². The number of para-hydroxylation sites is 1. The molecule has 0 radical (unpaired) electrons. The molecule has 0 atom stereocenters. The van der Waals surface area contributed by atoms with Crippen molar-refractivity contribution >= 4 is 17.3 Å². The van der Waals surface area contributed by atoms with E-state index in [1.165, 1.54) is 0 Å². The number of rotatable bonds is 4. The van der Waals surface area contributed by atoms with Gasteiger partial charge in [0, 0.05) is 31.7 Å². The Kier molecular flexibility index (Phi) is 5.03. The molecule has 8 nitrogen and oxygen atoms in total. The molecule has 0 spiro atoms. The highest BCUT2D eigenvalue weighted by molar-refractivity contribution is 5.94. The van der Waals surface area contributed by atoms with Gasteiger partial charge in [-0.3, -0.25) is 19.6 Å². The van der Waals surface area contributed by atoms with Crippen molar-refractivity contribution < 1.29 is 9.72 Å². The van der Waals surface area contributed by atoms with Crippen molar-refractivity contribution in [3.63, 3.8) is 0 Å². The number of anilines is 1. The normalized spacial score (nSPS) is 14.8. The molecule has 138 valence electrons. The van der Waals surface area contributed by atoms with E-state index in [-0.39, 0.29) is 18.0 Å². The predicted octanol–water partition coefficient (Wildman–Crippen LogP) is 2.28. The molecule has 1 amide bonds. The van der Waals surface area contributed by atoms with Gasteiger partial charge in [-0.2, -0.15) is 5.10 Å². The van der Waals surface area contributed by atoms with Crippen molar-refractivity contribution in [2.45, 2.75) is 33.4 Å². The number of aromatic nitrogens is 2. The molecule has 1 aliphatic rings. The monoisotopic (exact) mass is 357 g/mol. The van der Waals surface area contributed by atoms with Crippen LogP contribution in [0.25, 0.3) is 0 Å². The highest BCUT2D eigenvalue weighted by Gasteiger charge is 2.25. The molecular weight excluding hydrogens is 334 g/mol. The van der Waals surface area contributed by atoms with Crippen LogP contribution in [-0.4, -0.2) is 45.6 Å². The maximum Gasteiger partial charge on any atom is 0.312 e. The van der Waals surface area contributed by atoms with Crippen LogP contribution in [-0.2, 0) is 17.9 Å². The molecule has 3 rings (SSSR count). The van der Waals surface area contributed by atoms with E-state index in [0.717, 1.165) is 24.3 Å². The molecule has 2 aromatic rings. The Morgan fingerprint density at radius 3 is 2.69 bits per heavy atom. The number of nitro groups is 1. The van der Waals surface area contributed by atoms with Gasteiger partial charge in [-0.05, 0) is 32.5 Å². The van der Waals surface area contributed by atoms with Gasteiger partial charge in [-0.1, -0.05) is 18.2 Å². The van der Waals surface area contributed by atoms with Crippen molar-refractivity contribution in [3.8, 4) is 0 Å². The first-order chi connectivity index (χ1) is 12.4. The van der Waals surface area contributed by atoms with Crippen LogP contribution < -0.4 is 4.90 Å². The largest absolute Gasteiger partial charge is 0.312 e. The molecular formula is C18H23N5O3. The third-order valence-electron chi connectivity index (χ3n) is 4.79. The molecule has 0 unspecified atom stereocenters. The Morgan fingerprint density at radius 2 is 2.00 bits per heavy atom. The average Bonchev–Trinajstić information content (AvgIpc) is 2.77. The highest BCUT2D eigenvalue weighted by atomic mass is 16.6. The fourth-order valence-corrected chi connectivity index (χ4v) is 3.43. The van der Waals surface area contributed by atoms with E-state index in [2.05, 4.69) is 10.00 Å². The minimum Gasteiger partial charge on any atom is -0.311 e. The third-order valence-corrected chi connectivity index (χ3v) is 4.79. The first kappa shape index (κ1) is 18.1. The van der Waals surface area contributed by atoms with Crippen LogP contribution in [0, 0.1) is 24.0 Å². The lowest BCUT2D eigenvalue weighted by atomic mass is 10.1. The smallest absolute Gasteiger partial charge is 0.311 e. The second-order valence-electron chi connectivity index (χ2n) is 6.66. The summed E-state index contributed by atoms with van der Waals surface area (Å²) in [5, 5.41) is 15.3. The van der Waals surface area contributed by atoms with Gasteiger partial charge in [0.05, 0.1) is 11.5 Å². The van der Waals surface area contributed by atoms with Gasteiger partial charge < -0.3 is 9.80 Å². The predicted molar refractivity (Wildman–Crippen MR) is 98.1 cm³/mol. The number of carbonyl (C=O) groups is 1. The van der Waals surface area contributed by atoms with Crippen molar-refractivity contribution in [3.05, 3.63) is 51.3 Å². The maximum absolute atomic E-state index is 12.9. The van der Waals surface area contributed by atoms with Gasteiger partial charge in [-0.25, -0.2) is 0 Å². The second kappa shape index (κ2) is 7.25. The summed E-state index contributed by atoms with van der Waals surface area (Å²) >= 11 is 0. The van der Waals surface area contributed by atoms with Gasteiger partial charge in [-0.15, -0.1) is 0 Å². The molecule has 0 bridgehead atoms. The topological polar surface area (TPSA) is 84.5 Å². The summed E-state index contributed by atoms with van der Waals surface area (Å²) in [6.45, 7) is 5.84. The molecule has 1 aromatic carbocycles. The van der Waals surface area contributed by atoms with Crippen molar-refractivity contribution in [1.82, 2.24) is 14.7 Å². The summed E-state index contributed by atoms with van der Waals surface area (Å²) in [4.78, 5) is 27.6. The van der Waals surface area contributed by atoms with E-state index in [0.29, 0.717) is 24.5 Å². The van der Waals surface area contributed by atoms with E-state index in [1.807, 2.05) is 36.2 Å². The number of amides is 1. The summed E-state index contributed by atoms with van der Waals surface area (Å²) in [5.41, 5.74) is 2.96. The van der Waals surface area contributed by atoms with Crippen LogP contribution in [0.3, 0.4) is 0 Å². The molecule has 0 aliphatic carbocycles. The number of aryl methyl sites for hydroxylation is 2. The van der Waals surface area contributed by atoms with E-state index in [1.54, 1.807) is 18.5 Å². The van der Waals surface area contributed by atoms with Gasteiger partial charge >= 0.3 is 5.69 Å². The molecule has 0 fully saturated rings. The van der Waals surface area contributed by atoms with Crippen molar-refractivity contribution in [2.24, 2.45) is 0 Å². The van der Waals surface area contributed by atoms with E-state index < -0.39 is 4.92 Å². The standard InChI is InChI=1S/C18H23N5O3/c1-13-18(23(25)26)14(2)22(19-13)9-8-17(24)21-11-10-20(3)12-15-6-4-5-7-16(15)21/h4-7H,8-12H2,1-3H3. The quantitative estimate of drug-likeness (QED) is 0.619.